The molecule has 0 bridgehead atoms. The molecule has 0 aliphatic carbocycles. The first-order valence-electron chi connectivity index (χ1n) is 23.6. The number of para-hydroxylation sites is 1. The Bertz CT molecular complexity index is 4080. The van der Waals surface area contributed by atoms with Crippen molar-refractivity contribution >= 4 is 76.5 Å². The van der Waals surface area contributed by atoms with E-state index in [-0.39, 0.29) is 5.92 Å². The fraction of sp³-hybridized carbons (Fsp3) is 0.0149. The molecule has 0 saturated heterocycles. The molecule has 0 radical (unpaired) electrons. The lowest BCUT2D eigenvalue weighted by molar-refractivity contribution is 0.980. The van der Waals surface area contributed by atoms with E-state index in [4.69, 9.17) is 0 Å². The summed E-state index contributed by atoms with van der Waals surface area (Å²) in [6.07, 6.45) is 2.38. The molecule has 0 fully saturated rings. The van der Waals surface area contributed by atoms with Gasteiger partial charge in [0.05, 0.1) is 11.0 Å². The van der Waals surface area contributed by atoms with E-state index in [0.717, 1.165) is 5.69 Å². The van der Waals surface area contributed by atoms with Gasteiger partial charge in [-0.15, -0.1) is 0 Å². The molecule has 1 aromatic heterocycles. The highest BCUT2D eigenvalue weighted by Crippen LogP contribution is 2.42. The van der Waals surface area contributed by atoms with Crippen LogP contribution in [-0.2, 0) is 0 Å². The van der Waals surface area contributed by atoms with Gasteiger partial charge in [-0.1, -0.05) is 218 Å². The van der Waals surface area contributed by atoms with Crippen molar-refractivity contribution in [1.29, 1.82) is 0 Å². The molecule has 0 spiro atoms. The topological polar surface area (TPSA) is 4.93 Å². The van der Waals surface area contributed by atoms with Crippen molar-refractivity contribution in [3.05, 3.63) is 294 Å². The lowest BCUT2D eigenvalue weighted by Crippen LogP contribution is -2.05. The second-order valence-electron chi connectivity index (χ2n) is 18.1. The second kappa shape index (κ2) is 16.6. The number of fused-ring (bicyclic) bond motifs is 8. The Hall–Kier alpha value is -8.78. The molecule has 13 aromatic rings. The summed E-state index contributed by atoms with van der Waals surface area (Å²) in [5.41, 5.74) is 14.3. The monoisotopic (exact) mass is 863 g/mol. The average Bonchev–Trinajstić information content (AvgIpc) is 3.74. The third kappa shape index (κ3) is 7.05. The molecular weight excluding hydrogens is 819 g/mol. The average molecular weight is 864 g/mol. The van der Waals surface area contributed by atoms with Crippen LogP contribution in [0.5, 0.6) is 0 Å². The molecule has 0 amide bonds. The van der Waals surface area contributed by atoms with Gasteiger partial charge in [0.25, 0.3) is 0 Å². The van der Waals surface area contributed by atoms with Gasteiger partial charge >= 0.3 is 0 Å². The highest BCUT2D eigenvalue weighted by molar-refractivity contribution is 6.12. The van der Waals surface area contributed by atoms with Crippen molar-refractivity contribution in [2.45, 2.75) is 5.92 Å². The van der Waals surface area contributed by atoms with Gasteiger partial charge in [0, 0.05) is 22.4 Å². The first-order valence-corrected chi connectivity index (χ1v) is 23.6. The normalized spacial score (nSPS) is 12.4. The Morgan fingerprint density at radius 3 is 1.74 bits per heavy atom. The molecule has 0 N–H and O–H groups in total. The maximum atomic E-state index is 2.45. The van der Waals surface area contributed by atoms with Crippen LogP contribution in [0.4, 0.5) is 0 Å². The second-order valence-corrected chi connectivity index (χ2v) is 18.1. The first kappa shape index (κ1) is 39.6. The summed E-state index contributed by atoms with van der Waals surface area (Å²) in [5.74, 6) is -0.0205. The van der Waals surface area contributed by atoms with Crippen LogP contribution >= 0.6 is 0 Å². The quantitative estimate of drug-likeness (QED) is 0.0815. The van der Waals surface area contributed by atoms with Gasteiger partial charge in [-0.05, 0) is 142 Å². The molecule has 318 valence electrons. The minimum atomic E-state index is -0.0205. The minimum absolute atomic E-state index is 0.0205. The fourth-order valence-corrected chi connectivity index (χ4v) is 10.7. The number of hydrogen-bond acceptors (Lipinski definition) is 0. The number of aromatic nitrogens is 1. The summed E-state index contributed by atoms with van der Waals surface area (Å²) in [5, 5.41) is 12.5. The summed E-state index contributed by atoms with van der Waals surface area (Å²) in [6, 6.07) is 96.4. The molecule has 0 aliphatic rings. The van der Waals surface area contributed by atoms with E-state index in [2.05, 4.69) is 271 Å². The molecule has 0 aliphatic heterocycles. The summed E-state index contributed by atoms with van der Waals surface area (Å²) in [7, 11) is 0. The Morgan fingerprint density at radius 1 is 0.309 bits per heavy atom. The van der Waals surface area contributed by atoms with Crippen molar-refractivity contribution in [1.82, 2.24) is 4.57 Å². The summed E-state index contributed by atoms with van der Waals surface area (Å²) >= 11 is 0. The van der Waals surface area contributed by atoms with E-state index in [1.54, 1.807) is 0 Å². The van der Waals surface area contributed by atoms with Crippen LogP contribution < -0.4 is 0 Å². The maximum absolute atomic E-state index is 2.45. The van der Waals surface area contributed by atoms with Crippen LogP contribution in [-0.4, -0.2) is 4.57 Å². The zero-order valence-corrected chi connectivity index (χ0v) is 37.4. The van der Waals surface area contributed by atoms with Crippen LogP contribution in [0.2, 0.25) is 0 Å². The highest BCUT2D eigenvalue weighted by atomic mass is 15.0. The number of nitrogens with zero attached hydrogens (tertiary/aromatic N) is 1. The predicted molar refractivity (Wildman–Crippen MR) is 290 cm³/mol. The number of benzene rings is 12. The smallest absolute Gasteiger partial charge is 0.0541 e. The lowest BCUT2D eigenvalue weighted by Gasteiger charge is -2.22. The van der Waals surface area contributed by atoms with Gasteiger partial charge in [0.1, 0.15) is 0 Å². The fourth-order valence-electron chi connectivity index (χ4n) is 10.7. The van der Waals surface area contributed by atoms with Crippen LogP contribution in [0, 0.1) is 0 Å². The number of rotatable bonds is 8. The highest BCUT2D eigenvalue weighted by Gasteiger charge is 2.22. The van der Waals surface area contributed by atoms with Gasteiger partial charge in [-0.3, -0.25) is 0 Å². The molecule has 1 heteroatoms. The van der Waals surface area contributed by atoms with Crippen molar-refractivity contribution in [3.63, 3.8) is 0 Å². The summed E-state index contributed by atoms with van der Waals surface area (Å²) in [6.45, 7) is 0. The zero-order valence-electron chi connectivity index (χ0n) is 37.4. The molecule has 1 unspecified atom stereocenters. The molecule has 1 atom stereocenters. The van der Waals surface area contributed by atoms with E-state index in [1.807, 2.05) is 0 Å². The van der Waals surface area contributed by atoms with Gasteiger partial charge in [-0.2, -0.15) is 0 Å². The predicted octanol–water partition coefficient (Wildman–Crippen LogP) is 17.8. The zero-order chi connectivity index (χ0) is 45.0. The van der Waals surface area contributed by atoms with Crippen LogP contribution in [0.3, 0.4) is 0 Å². The Morgan fingerprint density at radius 2 is 0.926 bits per heavy atom. The maximum Gasteiger partial charge on any atom is 0.0541 e. The van der Waals surface area contributed by atoms with E-state index in [0.29, 0.717) is 0 Å². The minimum Gasteiger partial charge on any atom is -0.309 e. The van der Waals surface area contributed by atoms with Gasteiger partial charge in [0.2, 0.25) is 0 Å². The molecule has 0 saturated carbocycles. The van der Waals surface area contributed by atoms with E-state index in [9.17, 15) is 0 Å². The Kier molecular flexibility index (Phi) is 9.65. The first-order chi connectivity index (χ1) is 33.7. The van der Waals surface area contributed by atoms with E-state index < -0.39 is 0 Å². The van der Waals surface area contributed by atoms with Crippen LogP contribution in [0.25, 0.3) is 93.4 Å². The molecule has 1 heterocycles. The van der Waals surface area contributed by atoms with Gasteiger partial charge in [-0.25, -0.2) is 0 Å². The standard InChI is InChI=1S/C67H45N/c1-3-17-48(18-4-1)63(38-45-27-28-46-15-7-9-22-51(46)37-45)57-40-56(41-58(42-57)67(50-20-5-2-6-21-50)55-32-29-47-16-8-10-23-52(47)39-55)53-33-36-66-64(44-53)62-25-13-14-26-65(62)68(66)59-34-35-61-54(43-59)31-30-49-19-11-12-24-60(49)61/h1-44,67H/b63-38-. The Balaban J connectivity index is 1.04. The van der Waals surface area contributed by atoms with Gasteiger partial charge in [0.15, 0.2) is 0 Å². The van der Waals surface area contributed by atoms with Crippen molar-refractivity contribution in [2.24, 2.45) is 0 Å². The van der Waals surface area contributed by atoms with Crippen LogP contribution in [0.1, 0.15) is 39.3 Å². The third-order valence-electron chi connectivity index (χ3n) is 14.0. The van der Waals surface area contributed by atoms with Crippen molar-refractivity contribution < 1.29 is 0 Å². The number of hydrogen-bond donors (Lipinski definition) is 0. The third-order valence-corrected chi connectivity index (χ3v) is 14.0. The van der Waals surface area contributed by atoms with E-state index in [1.165, 1.54) is 115 Å². The SMILES string of the molecule is C(=C(\c1ccccc1)c1cc(-c2ccc3c(c2)c2ccccc2n3-c2ccc3c(ccc4ccccc43)c2)cc(C(c2ccccc2)c2ccc3ccccc3c2)c1)/c1ccc2ccccc2c1. The molecule has 12 aromatic carbocycles. The van der Waals surface area contributed by atoms with Crippen LogP contribution in [0.15, 0.2) is 261 Å². The molecular formula is C67H45N. The molecule has 1 nitrogen and oxygen atoms in total. The van der Waals surface area contributed by atoms with Gasteiger partial charge < -0.3 is 4.57 Å². The largest absolute Gasteiger partial charge is 0.309 e. The lowest BCUT2D eigenvalue weighted by atomic mass is 9.81. The van der Waals surface area contributed by atoms with Crippen molar-refractivity contribution in [3.8, 4) is 16.8 Å². The molecule has 68 heavy (non-hydrogen) atoms. The molecule has 13 rings (SSSR count). The Labute approximate surface area is 396 Å². The van der Waals surface area contributed by atoms with Crippen molar-refractivity contribution in [2.75, 3.05) is 0 Å². The summed E-state index contributed by atoms with van der Waals surface area (Å²) < 4.78 is 2.44. The van der Waals surface area contributed by atoms with E-state index >= 15 is 0 Å². The summed E-state index contributed by atoms with van der Waals surface area (Å²) in [4.78, 5) is 0.